The molecule has 0 bridgehead atoms. The van der Waals surface area contributed by atoms with Crippen LogP contribution in [-0.4, -0.2) is 24.6 Å². The van der Waals surface area contributed by atoms with Gasteiger partial charge in [-0.15, -0.1) is 0 Å². The van der Waals surface area contributed by atoms with E-state index < -0.39 is 0 Å². The van der Waals surface area contributed by atoms with E-state index >= 15 is 0 Å². The molecule has 2 aromatic rings. The molecule has 2 amide bonds. The largest absolute Gasteiger partial charge is 0.312 e. The zero-order valence-electron chi connectivity index (χ0n) is 13.5. The minimum Gasteiger partial charge on any atom is -0.312 e. The van der Waals surface area contributed by atoms with Crippen LogP contribution in [0.15, 0.2) is 59.7 Å². The molecule has 1 saturated heterocycles. The van der Waals surface area contributed by atoms with E-state index in [2.05, 4.69) is 10.5 Å². The molecular formula is C19H19N3O2. The average molecular weight is 321 g/mol. The Labute approximate surface area is 141 Å². The van der Waals surface area contributed by atoms with Gasteiger partial charge in [-0.2, -0.15) is 5.10 Å². The summed E-state index contributed by atoms with van der Waals surface area (Å²) in [6, 6.07) is 17.2. The van der Waals surface area contributed by atoms with Gasteiger partial charge in [-0.1, -0.05) is 48.0 Å². The third-order valence-electron chi connectivity index (χ3n) is 4.03. The zero-order chi connectivity index (χ0) is 16.9. The van der Waals surface area contributed by atoms with Gasteiger partial charge in [0.1, 0.15) is 0 Å². The normalized spacial score (nSPS) is 17.5. The molecule has 1 N–H and O–H groups in total. The first-order chi connectivity index (χ1) is 11.6. The van der Waals surface area contributed by atoms with Gasteiger partial charge in [0.2, 0.25) is 11.8 Å². The van der Waals surface area contributed by atoms with Crippen molar-refractivity contribution in [3.8, 4) is 0 Å². The molecule has 122 valence electrons. The molecule has 5 nitrogen and oxygen atoms in total. The SMILES string of the molecule is Cc1ccc(N2CC(C(=O)NN=Cc3ccccc3)CC2=O)cc1. The van der Waals surface area contributed by atoms with Crippen molar-refractivity contribution in [2.45, 2.75) is 13.3 Å². The number of hydrazone groups is 1. The lowest BCUT2D eigenvalue weighted by Gasteiger charge is -2.16. The second-order valence-electron chi connectivity index (χ2n) is 5.89. The first-order valence-corrected chi connectivity index (χ1v) is 7.88. The van der Waals surface area contributed by atoms with E-state index in [-0.39, 0.29) is 24.2 Å². The summed E-state index contributed by atoms with van der Waals surface area (Å²) < 4.78 is 0. The summed E-state index contributed by atoms with van der Waals surface area (Å²) >= 11 is 0. The average Bonchev–Trinajstić information content (AvgIpc) is 2.98. The number of aryl methyl sites for hydroxylation is 1. The molecule has 0 aromatic heterocycles. The van der Waals surface area contributed by atoms with E-state index in [1.54, 1.807) is 11.1 Å². The number of anilines is 1. The van der Waals surface area contributed by atoms with Crippen molar-refractivity contribution in [3.63, 3.8) is 0 Å². The maximum Gasteiger partial charge on any atom is 0.245 e. The summed E-state index contributed by atoms with van der Waals surface area (Å²) in [6.07, 6.45) is 1.80. The van der Waals surface area contributed by atoms with Gasteiger partial charge in [-0.3, -0.25) is 9.59 Å². The van der Waals surface area contributed by atoms with Crippen LogP contribution in [0.5, 0.6) is 0 Å². The summed E-state index contributed by atoms with van der Waals surface area (Å²) in [5.74, 6) is -0.650. The minimum absolute atomic E-state index is 0.0361. The van der Waals surface area contributed by atoms with Gasteiger partial charge in [0.15, 0.2) is 0 Å². The van der Waals surface area contributed by atoms with E-state index in [9.17, 15) is 9.59 Å². The molecule has 1 atom stereocenters. The Bertz CT molecular complexity index is 754. The van der Waals surface area contributed by atoms with Crippen molar-refractivity contribution < 1.29 is 9.59 Å². The van der Waals surface area contributed by atoms with Crippen LogP contribution in [0.3, 0.4) is 0 Å². The molecular weight excluding hydrogens is 302 g/mol. The Morgan fingerprint density at radius 3 is 2.58 bits per heavy atom. The Morgan fingerprint density at radius 2 is 1.88 bits per heavy atom. The van der Waals surface area contributed by atoms with Gasteiger partial charge < -0.3 is 4.90 Å². The summed E-state index contributed by atoms with van der Waals surface area (Å²) in [5, 5.41) is 3.97. The first-order valence-electron chi connectivity index (χ1n) is 7.88. The molecule has 3 rings (SSSR count). The van der Waals surface area contributed by atoms with Crippen LogP contribution in [0.2, 0.25) is 0 Å². The van der Waals surface area contributed by atoms with Crippen LogP contribution in [0.25, 0.3) is 0 Å². The molecule has 0 radical (unpaired) electrons. The molecule has 1 unspecified atom stereocenters. The van der Waals surface area contributed by atoms with Crippen LogP contribution < -0.4 is 10.3 Å². The van der Waals surface area contributed by atoms with Crippen LogP contribution in [0, 0.1) is 12.8 Å². The molecule has 24 heavy (non-hydrogen) atoms. The number of rotatable bonds is 4. The second kappa shape index (κ2) is 7.08. The fraction of sp³-hybridized carbons (Fsp3) is 0.211. The lowest BCUT2D eigenvalue weighted by atomic mass is 10.1. The smallest absolute Gasteiger partial charge is 0.245 e. The van der Waals surface area contributed by atoms with Crippen molar-refractivity contribution in [1.29, 1.82) is 0 Å². The number of carbonyl (C=O) groups is 2. The first kappa shape index (κ1) is 15.9. The lowest BCUT2D eigenvalue weighted by molar-refractivity contribution is -0.126. The highest BCUT2D eigenvalue weighted by Crippen LogP contribution is 2.25. The quantitative estimate of drug-likeness (QED) is 0.695. The van der Waals surface area contributed by atoms with Crippen molar-refractivity contribution in [3.05, 3.63) is 65.7 Å². The van der Waals surface area contributed by atoms with Crippen LogP contribution in [0.4, 0.5) is 5.69 Å². The number of nitrogens with one attached hydrogen (secondary N) is 1. The molecule has 0 aliphatic carbocycles. The van der Waals surface area contributed by atoms with Gasteiger partial charge in [0.25, 0.3) is 0 Å². The number of hydrogen-bond acceptors (Lipinski definition) is 3. The van der Waals surface area contributed by atoms with Crippen molar-refractivity contribution in [2.24, 2.45) is 11.0 Å². The Morgan fingerprint density at radius 1 is 1.17 bits per heavy atom. The highest BCUT2D eigenvalue weighted by atomic mass is 16.2. The third-order valence-corrected chi connectivity index (χ3v) is 4.03. The third kappa shape index (κ3) is 3.68. The fourth-order valence-electron chi connectivity index (χ4n) is 2.66. The van der Waals surface area contributed by atoms with Gasteiger partial charge in [-0.25, -0.2) is 5.43 Å². The van der Waals surface area contributed by atoms with Crippen LogP contribution >= 0.6 is 0 Å². The fourth-order valence-corrected chi connectivity index (χ4v) is 2.66. The molecule has 0 spiro atoms. The number of carbonyl (C=O) groups excluding carboxylic acids is 2. The van der Waals surface area contributed by atoms with Crippen molar-refractivity contribution in [1.82, 2.24) is 5.43 Å². The van der Waals surface area contributed by atoms with Crippen molar-refractivity contribution in [2.75, 3.05) is 11.4 Å². The predicted molar refractivity (Wildman–Crippen MR) is 93.8 cm³/mol. The number of amides is 2. The molecule has 2 aromatic carbocycles. The highest BCUT2D eigenvalue weighted by molar-refractivity contribution is 6.00. The summed E-state index contributed by atoms with van der Waals surface area (Å²) in [7, 11) is 0. The van der Waals surface area contributed by atoms with E-state index in [1.807, 2.05) is 61.5 Å². The standard InChI is InChI=1S/C19H19N3O2/c1-14-7-9-17(10-8-14)22-13-16(11-18(22)23)19(24)21-20-12-15-5-3-2-4-6-15/h2-10,12,16H,11,13H2,1H3,(H,21,24). The number of nitrogens with zero attached hydrogens (tertiary/aromatic N) is 2. The minimum atomic E-state index is -0.383. The maximum atomic E-state index is 12.2. The Hall–Kier alpha value is -2.95. The number of benzene rings is 2. The summed E-state index contributed by atoms with van der Waals surface area (Å²) in [4.78, 5) is 26.0. The summed E-state index contributed by atoms with van der Waals surface area (Å²) in [5.41, 5.74) is 5.39. The van der Waals surface area contributed by atoms with E-state index in [4.69, 9.17) is 0 Å². The van der Waals surface area contributed by atoms with Gasteiger partial charge in [0.05, 0.1) is 12.1 Å². The van der Waals surface area contributed by atoms with Crippen LogP contribution in [-0.2, 0) is 9.59 Å². The zero-order valence-corrected chi connectivity index (χ0v) is 13.5. The van der Waals surface area contributed by atoms with E-state index in [0.717, 1.165) is 16.8 Å². The molecule has 0 saturated carbocycles. The molecule has 1 aliphatic heterocycles. The molecule has 1 aliphatic rings. The highest BCUT2D eigenvalue weighted by Gasteiger charge is 2.35. The Balaban J connectivity index is 1.59. The van der Waals surface area contributed by atoms with Gasteiger partial charge >= 0.3 is 0 Å². The Kier molecular flexibility index (Phi) is 4.70. The number of hydrogen-bond donors (Lipinski definition) is 1. The van der Waals surface area contributed by atoms with Gasteiger partial charge in [0, 0.05) is 18.7 Å². The molecule has 1 fully saturated rings. The second-order valence-corrected chi connectivity index (χ2v) is 5.89. The molecule has 5 heteroatoms. The maximum absolute atomic E-state index is 12.2. The van der Waals surface area contributed by atoms with E-state index in [0.29, 0.717) is 6.54 Å². The van der Waals surface area contributed by atoms with Crippen molar-refractivity contribution >= 4 is 23.7 Å². The lowest BCUT2D eigenvalue weighted by Crippen LogP contribution is -2.30. The topological polar surface area (TPSA) is 61.8 Å². The monoisotopic (exact) mass is 321 g/mol. The van der Waals surface area contributed by atoms with E-state index in [1.165, 1.54) is 0 Å². The summed E-state index contributed by atoms with van der Waals surface area (Å²) in [6.45, 7) is 2.38. The van der Waals surface area contributed by atoms with Gasteiger partial charge in [-0.05, 0) is 24.6 Å². The predicted octanol–water partition coefficient (Wildman–Crippen LogP) is 2.50. The molecule has 1 heterocycles. The van der Waals surface area contributed by atoms with Crippen LogP contribution in [0.1, 0.15) is 17.5 Å².